The third-order valence-electron chi connectivity index (χ3n) is 4.92. The molecular weight excluding hydrogens is 404 g/mol. The summed E-state index contributed by atoms with van der Waals surface area (Å²) in [6.45, 7) is 1.50. The standard InChI is InChI=1S/C20H16F4N4O2/c1-19(10-15(27-30-19)12-5-3-4-6-13(12)21)18(29)25-11-7-8-16-14(9-11)26-17(28(16)2)20(22,23)24/h3-9H,10H2,1-2H3,(H,25,29)/t19-/m0/s1. The monoisotopic (exact) mass is 420 g/mol. The van der Waals surface area contributed by atoms with Gasteiger partial charge >= 0.3 is 6.18 Å². The Morgan fingerprint density at radius 2 is 1.97 bits per heavy atom. The van der Waals surface area contributed by atoms with E-state index in [1.165, 1.54) is 44.3 Å². The van der Waals surface area contributed by atoms with Crippen molar-refractivity contribution in [3.63, 3.8) is 0 Å². The second-order valence-corrected chi connectivity index (χ2v) is 7.17. The van der Waals surface area contributed by atoms with E-state index in [-0.39, 0.29) is 28.7 Å². The number of nitrogens with one attached hydrogen (secondary N) is 1. The van der Waals surface area contributed by atoms with Gasteiger partial charge in [0.1, 0.15) is 5.82 Å². The van der Waals surface area contributed by atoms with Crippen LogP contribution in [-0.2, 0) is 22.9 Å². The van der Waals surface area contributed by atoms with Gasteiger partial charge in [-0.1, -0.05) is 23.4 Å². The van der Waals surface area contributed by atoms with Gasteiger partial charge in [-0.3, -0.25) is 4.79 Å². The van der Waals surface area contributed by atoms with Crippen molar-refractivity contribution >= 4 is 28.3 Å². The average molecular weight is 420 g/mol. The quantitative estimate of drug-likeness (QED) is 0.644. The minimum atomic E-state index is -4.59. The molecule has 156 valence electrons. The fraction of sp³-hybridized carbons (Fsp3) is 0.250. The lowest BCUT2D eigenvalue weighted by Gasteiger charge is -2.20. The van der Waals surface area contributed by atoms with E-state index < -0.39 is 29.3 Å². The zero-order valence-electron chi connectivity index (χ0n) is 15.9. The second-order valence-electron chi connectivity index (χ2n) is 7.17. The van der Waals surface area contributed by atoms with Crippen LogP contribution in [0.2, 0.25) is 0 Å². The van der Waals surface area contributed by atoms with Crippen molar-refractivity contribution in [2.24, 2.45) is 12.2 Å². The summed E-state index contributed by atoms with van der Waals surface area (Å²) in [6.07, 6.45) is -4.56. The van der Waals surface area contributed by atoms with E-state index in [2.05, 4.69) is 15.5 Å². The predicted molar refractivity (Wildman–Crippen MR) is 101 cm³/mol. The number of amides is 1. The highest BCUT2D eigenvalue weighted by Crippen LogP contribution is 2.32. The van der Waals surface area contributed by atoms with E-state index in [0.29, 0.717) is 5.71 Å². The van der Waals surface area contributed by atoms with E-state index in [0.717, 1.165) is 4.57 Å². The molecule has 30 heavy (non-hydrogen) atoms. The van der Waals surface area contributed by atoms with Gasteiger partial charge in [0.15, 0.2) is 0 Å². The van der Waals surface area contributed by atoms with Crippen LogP contribution in [0.25, 0.3) is 11.0 Å². The van der Waals surface area contributed by atoms with Crippen LogP contribution in [0.4, 0.5) is 23.2 Å². The van der Waals surface area contributed by atoms with Gasteiger partial charge in [0.05, 0.1) is 16.7 Å². The Kier molecular flexibility index (Phi) is 4.52. The van der Waals surface area contributed by atoms with Crippen LogP contribution in [0.1, 0.15) is 24.7 Å². The van der Waals surface area contributed by atoms with Crippen molar-refractivity contribution in [2.45, 2.75) is 25.1 Å². The molecule has 6 nitrogen and oxygen atoms in total. The van der Waals surface area contributed by atoms with Crippen molar-refractivity contribution < 1.29 is 27.2 Å². The molecular formula is C20H16F4N4O2. The molecule has 2 heterocycles. The summed E-state index contributed by atoms with van der Waals surface area (Å²) in [5.74, 6) is -2.08. The lowest BCUT2D eigenvalue weighted by Crippen LogP contribution is -2.40. The van der Waals surface area contributed by atoms with Crippen LogP contribution < -0.4 is 5.32 Å². The zero-order valence-corrected chi connectivity index (χ0v) is 15.9. The summed E-state index contributed by atoms with van der Waals surface area (Å²) < 4.78 is 54.1. The number of aromatic nitrogens is 2. The molecule has 1 aromatic heterocycles. The van der Waals surface area contributed by atoms with Crippen LogP contribution in [0.3, 0.4) is 0 Å². The average Bonchev–Trinajstić information content (AvgIpc) is 3.23. The highest BCUT2D eigenvalue weighted by atomic mass is 19.4. The first-order valence-electron chi connectivity index (χ1n) is 8.93. The molecule has 2 aromatic carbocycles. The van der Waals surface area contributed by atoms with E-state index in [9.17, 15) is 22.4 Å². The number of carbonyl (C=O) groups is 1. The summed E-state index contributed by atoms with van der Waals surface area (Å²) in [4.78, 5) is 21.7. The number of aryl methyl sites for hydroxylation is 1. The lowest BCUT2D eigenvalue weighted by atomic mass is 9.95. The first kappa shape index (κ1) is 19.9. The van der Waals surface area contributed by atoms with E-state index in [1.54, 1.807) is 12.1 Å². The molecule has 4 rings (SSSR count). The number of anilines is 1. The first-order valence-corrected chi connectivity index (χ1v) is 8.93. The normalized spacial score (nSPS) is 18.9. The number of nitrogens with zero attached hydrogens (tertiary/aromatic N) is 3. The summed E-state index contributed by atoms with van der Waals surface area (Å²) >= 11 is 0. The third kappa shape index (κ3) is 3.38. The fourth-order valence-corrected chi connectivity index (χ4v) is 3.30. The van der Waals surface area contributed by atoms with E-state index in [1.807, 2.05) is 0 Å². The molecule has 0 unspecified atom stereocenters. The number of carbonyl (C=O) groups excluding carboxylic acids is 1. The Labute approximate surface area is 168 Å². The van der Waals surface area contributed by atoms with Gasteiger partial charge in [0, 0.05) is 24.7 Å². The maximum Gasteiger partial charge on any atom is 0.449 e. The molecule has 1 N–H and O–H groups in total. The van der Waals surface area contributed by atoms with E-state index >= 15 is 0 Å². The Morgan fingerprint density at radius 1 is 1.23 bits per heavy atom. The molecule has 0 spiro atoms. The summed E-state index contributed by atoms with van der Waals surface area (Å²) in [5.41, 5.74) is -0.251. The number of rotatable bonds is 3. The highest BCUT2D eigenvalue weighted by molar-refractivity contribution is 6.08. The molecule has 0 aliphatic carbocycles. The van der Waals surface area contributed by atoms with Crippen LogP contribution in [-0.4, -0.2) is 26.8 Å². The smallest absolute Gasteiger partial charge is 0.379 e. The number of alkyl halides is 3. The van der Waals surface area contributed by atoms with Crippen LogP contribution >= 0.6 is 0 Å². The Balaban J connectivity index is 1.54. The van der Waals surface area contributed by atoms with Crippen molar-refractivity contribution in [2.75, 3.05) is 5.32 Å². The maximum absolute atomic E-state index is 14.0. The van der Waals surface area contributed by atoms with Crippen molar-refractivity contribution in [3.05, 3.63) is 59.7 Å². The molecule has 0 radical (unpaired) electrons. The summed E-state index contributed by atoms with van der Waals surface area (Å²) in [6, 6.07) is 10.3. The van der Waals surface area contributed by atoms with Gasteiger partial charge in [-0.25, -0.2) is 9.37 Å². The summed E-state index contributed by atoms with van der Waals surface area (Å²) in [7, 11) is 1.27. The molecule has 1 atom stereocenters. The van der Waals surface area contributed by atoms with Crippen LogP contribution in [0, 0.1) is 5.82 Å². The van der Waals surface area contributed by atoms with Crippen LogP contribution in [0.5, 0.6) is 0 Å². The molecule has 1 aliphatic rings. The number of fused-ring (bicyclic) bond motifs is 1. The second kappa shape index (κ2) is 6.82. The minimum Gasteiger partial charge on any atom is -0.379 e. The Bertz CT molecular complexity index is 1190. The molecule has 10 heteroatoms. The first-order chi connectivity index (χ1) is 14.1. The van der Waals surface area contributed by atoms with Gasteiger partial charge in [-0.05, 0) is 31.2 Å². The number of hydrogen-bond acceptors (Lipinski definition) is 4. The van der Waals surface area contributed by atoms with Gasteiger partial charge < -0.3 is 14.7 Å². The van der Waals surface area contributed by atoms with E-state index in [4.69, 9.17) is 4.84 Å². The van der Waals surface area contributed by atoms with Gasteiger partial charge in [-0.15, -0.1) is 0 Å². The predicted octanol–water partition coefficient (Wildman–Crippen LogP) is 4.25. The van der Waals surface area contributed by atoms with Gasteiger partial charge in [-0.2, -0.15) is 13.2 Å². The lowest BCUT2D eigenvalue weighted by molar-refractivity contribution is -0.146. The molecule has 0 saturated heterocycles. The molecule has 3 aromatic rings. The molecule has 0 fully saturated rings. The van der Waals surface area contributed by atoms with Crippen molar-refractivity contribution in [1.29, 1.82) is 0 Å². The van der Waals surface area contributed by atoms with Crippen molar-refractivity contribution in [1.82, 2.24) is 9.55 Å². The molecule has 1 aliphatic heterocycles. The van der Waals surface area contributed by atoms with Crippen LogP contribution in [0.15, 0.2) is 47.6 Å². The molecule has 0 bridgehead atoms. The highest BCUT2D eigenvalue weighted by Gasteiger charge is 2.43. The van der Waals surface area contributed by atoms with Gasteiger partial charge in [0.25, 0.3) is 5.91 Å². The minimum absolute atomic E-state index is 0.0316. The number of halogens is 4. The number of hydrogen-bond donors (Lipinski definition) is 1. The third-order valence-corrected chi connectivity index (χ3v) is 4.92. The number of benzene rings is 2. The fourth-order valence-electron chi connectivity index (χ4n) is 3.30. The maximum atomic E-state index is 14.0. The molecule has 0 saturated carbocycles. The largest absolute Gasteiger partial charge is 0.449 e. The molecule has 1 amide bonds. The zero-order chi connectivity index (χ0) is 21.7. The van der Waals surface area contributed by atoms with Gasteiger partial charge in [0.2, 0.25) is 11.4 Å². The summed E-state index contributed by atoms with van der Waals surface area (Å²) in [5, 5.41) is 6.46. The Hall–Kier alpha value is -3.43. The number of imidazole rings is 1. The van der Waals surface area contributed by atoms with Crippen molar-refractivity contribution in [3.8, 4) is 0 Å². The topological polar surface area (TPSA) is 68.5 Å². The SMILES string of the molecule is Cn1c(C(F)(F)F)nc2cc(NC(=O)[C@]3(C)CC(c4ccccc4F)=NO3)ccc21. The number of oxime groups is 1. The Morgan fingerprint density at radius 3 is 2.67 bits per heavy atom.